The van der Waals surface area contributed by atoms with Crippen LogP contribution in [0.3, 0.4) is 0 Å². The molecule has 0 aliphatic heterocycles. The second-order valence-electron chi connectivity index (χ2n) is 2.92. The lowest BCUT2D eigenvalue weighted by atomic mass is 10.3. The lowest BCUT2D eigenvalue weighted by Gasteiger charge is -2.14. The number of hydrogen-bond acceptors (Lipinski definition) is 4. The van der Waals surface area contributed by atoms with Gasteiger partial charge in [-0.25, -0.2) is 4.79 Å². The van der Waals surface area contributed by atoms with E-state index in [0.717, 1.165) is 0 Å². The maximum Gasteiger partial charge on any atom is 0.341 e. The van der Waals surface area contributed by atoms with Gasteiger partial charge in [-0.3, -0.25) is 0 Å². The van der Waals surface area contributed by atoms with Crippen molar-refractivity contribution in [3.05, 3.63) is 15.0 Å². The van der Waals surface area contributed by atoms with Crippen molar-refractivity contribution in [1.82, 2.24) is 0 Å². The van der Waals surface area contributed by atoms with Crippen molar-refractivity contribution in [2.75, 3.05) is 20.8 Å². The first-order valence-electron chi connectivity index (χ1n) is 4.45. The summed E-state index contributed by atoms with van der Waals surface area (Å²) >= 11 is 6.56. The molecule has 1 N–H and O–H groups in total. The molecule has 0 aromatic heterocycles. The molecule has 0 aliphatic rings. The molecule has 1 aromatic rings. The fraction of sp³-hybridized carbons (Fsp3) is 0.300. The van der Waals surface area contributed by atoms with Gasteiger partial charge in [-0.1, -0.05) is 0 Å². The van der Waals surface area contributed by atoms with Gasteiger partial charge in [-0.2, -0.15) is 0 Å². The first-order chi connectivity index (χ1) is 8.01. The smallest absolute Gasteiger partial charge is 0.341 e. The Balaban J connectivity index is 3.16. The highest BCUT2D eigenvalue weighted by Crippen LogP contribution is 2.46. The predicted molar refractivity (Wildman–Crippen MR) is 68.1 cm³/mol. The molecule has 0 unspecified atom stereocenters. The summed E-state index contributed by atoms with van der Waals surface area (Å²) in [7, 11) is 2.99. The Morgan fingerprint density at radius 1 is 1.29 bits per heavy atom. The maximum absolute atomic E-state index is 10.4. The molecule has 0 heterocycles. The summed E-state index contributed by atoms with van der Waals surface area (Å²) in [6, 6.07) is 1.61. The molecule has 94 valence electrons. The van der Waals surface area contributed by atoms with Crippen LogP contribution >= 0.6 is 31.9 Å². The summed E-state index contributed by atoms with van der Waals surface area (Å²) in [4.78, 5) is 10.4. The molecule has 0 bridgehead atoms. The van der Waals surface area contributed by atoms with Crippen molar-refractivity contribution in [1.29, 1.82) is 0 Å². The first kappa shape index (κ1) is 14.1. The third-order valence-corrected chi connectivity index (χ3v) is 3.20. The van der Waals surface area contributed by atoms with E-state index in [9.17, 15) is 4.79 Å². The van der Waals surface area contributed by atoms with Crippen LogP contribution in [0, 0.1) is 0 Å². The van der Waals surface area contributed by atoms with Gasteiger partial charge in [-0.15, -0.1) is 0 Å². The zero-order valence-electron chi connectivity index (χ0n) is 9.12. The molecule has 0 saturated carbocycles. The van der Waals surface area contributed by atoms with Crippen LogP contribution < -0.4 is 14.2 Å². The molecule has 5 nitrogen and oxygen atoms in total. The van der Waals surface area contributed by atoms with E-state index in [-0.39, 0.29) is 0 Å². The lowest BCUT2D eigenvalue weighted by molar-refractivity contribution is -0.139. The van der Waals surface area contributed by atoms with Crippen LogP contribution in [-0.4, -0.2) is 31.9 Å². The van der Waals surface area contributed by atoms with E-state index in [4.69, 9.17) is 19.3 Å². The monoisotopic (exact) mass is 368 g/mol. The Morgan fingerprint density at radius 3 is 2.35 bits per heavy atom. The molecule has 0 radical (unpaired) electrons. The van der Waals surface area contributed by atoms with E-state index in [2.05, 4.69) is 31.9 Å². The molecule has 0 saturated heterocycles. The van der Waals surface area contributed by atoms with E-state index in [1.165, 1.54) is 14.2 Å². The highest BCUT2D eigenvalue weighted by Gasteiger charge is 2.18. The fourth-order valence-corrected chi connectivity index (χ4v) is 2.30. The highest BCUT2D eigenvalue weighted by atomic mass is 79.9. The average Bonchev–Trinajstić information content (AvgIpc) is 2.28. The second kappa shape index (κ2) is 6.11. The van der Waals surface area contributed by atoms with Crippen molar-refractivity contribution < 1.29 is 24.1 Å². The summed E-state index contributed by atoms with van der Waals surface area (Å²) < 4.78 is 16.5. The summed E-state index contributed by atoms with van der Waals surface area (Å²) in [5.41, 5.74) is 0. The summed E-state index contributed by atoms with van der Waals surface area (Å²) in [5, 5.41) is 8.55. The second-order valence-corrected chi connectivity index (χ2v) is 4.57. The third-order valence-electron chi connectivity index (χ3n) is 1.86. The number of benzene rings is 1. The Kier molecular flexibility index (Phi) is 5.07. The van der Waals surface area contributed by atoms with Crippen LogP contribution in [0.15, 0.2) is 15.0 Å². The largest absolute Gasteiger partial charge is 0.492 e. The van der Waals surface area contributed by atoms with Gasteiger partial charge in [0.2, 0.25) is 0 Å². The summed E-state index contributed by atoms with van der Waals surface area (Å²) in [5.74, 6) is 0.240. The van der Waals surface area contributed by atoms with E-state index in [1.807, 2.05) is 0 Å². The number of rotatable bonds is 5. The van der Waals surface area contributed by atoms with Gasteiger partial charge in [-0.05, 0) is 37.9 Å². The summed E-state index contributed by atoms with van der Waals surface area (Å²) in [6.07, 6.45) is 0. The minimum Gasteiger partial charge on any atom is -0.492 e. The molecular weight excluding hydrogens is 360 g/mol. The van der Waals surface area contributed by atoms with Crippen molar-refractivity contribution in [2.24, 2.45) is 0 Å². The molecule has 0 fully saturated rings. The van der Waals surface area contributed by atoms with Crippen LogP contribution in [-0.2, 0) is 4.79 Å². The van der Waals surface area contributed by atoms with E-state index >= 15 is 0 Å². The van der Waals surface area contributed by atoms with Crippen LogP contribution in [0.4, 0.5) is 0 Å². The van der Waals surface area contributed by atoms with Crippen LogP contribution in [0.25, 0.3) is 0 Å². The molecule has 17 heavy (non-hydrogen) atoms. The number of carboxylic acids is 1. The van der Waals surface area contributed by atoms with Crippen molar-refractivity contribution in [3.8, 4) is 17.2 Å². The minimum absolute atomic E-state index is 0.358. The number of ether oxygens (including phenoxy) is 3. The lowest BCUT2D eigenvalue weighted by Crippen LogP contribution is -2.10. The van der Waals surface area contributed by atoms with E-state index in [1.54, 1.807) is 6.07 Å². The van der Waals surface area contributed by atoms with Crippen LogP contribution in [0.1, 0.15) is 0 Å². The minimum atomic E-state index is -1.05. The quantitative estimate of drug-likeness (QED) is 0.864. The molecule has 1 aromatic carbocycles. The normalized spacial score (nSPS) is 9.88. The van der Waals surface area contributed by atoms with Crippen molar-refractivity contribution >= 4 is 37.8 Å². The standard InChI is InChI=1S/C10H10Br2O5/c1-15-9-5(11)3-6(17-4-7(13)14)8(12)10(9)16-2/h3H,4H2,1-2H3,(H,13,14). The first-order valence-corrected chi connectivity index (χ1v) is 6.04. The highest BCUT2D eigenvalue weighted by molar-refractivity contribution is 9.11. The number of carboxylic acid groups (broad SMARTS) is 1. The van der Waals surface area contributed by atoms with Gasteiger partial charge in [0.25, 0.3) is 0 Å². The Bertz CT molecular complexity index is 433. The maximum atomic E-state index is 10.4. The van der Waals surface area contributed by atoms with Crippen molar-refractivity contribution in [3.63, 3.8) is 0 Å². The van der Waals surface area contributed by atoms with E-state index in [0.29, 0.717) is 26.2 Å². The van der Waals surface area contributed by atoms with Gasteiger partial charge < -0.3 is 19.3 Å². The number of aliphatic carboxylic acids is 1. The van der Waals surface area contributed by atoms with Gasteiger partial charge in [0, 0.05) is 0 Å². The van der Waals surface area contributed by atoms with Gasteiger partial charge in [0.05, 0.1) is 18.7 Å². The van der Waals surface area contributed by atoms with Gasteiger partial charge >= 0.3 is 5.97 Å². The summed E-state index contributed by atoms with van der Waals surface area (Å²) in [6.45, 7) is -0.430. The SMILES string of the molecule is COc1c(Br)cc(OCC(=O)O)c(Br)c1OC. The van der Waals surface area contributed by atoms with Crippen molar-refractivity contribution in [2.45, 2.75) is 0 Å². The third kappa shape index (κ3) is 3.26. The number of halogens is 2. The molecule has 7 heteroatoms. The topological polar surface area (TPSA) is 65.0 Å². The van der Waals surface area contributed by atoms with Gasteiger partial charge in [0.1, 0.15) is 10.2 Å². The Hall–Kier alpha value is -0.950. The molecule has 0 aliphatic carbocycles. The molecule has 0 atom stereocenters. The van der Waals surface area contributed by atoms with Crippen LogP contribution in [0.2, 0.25) is 0 Å². The number of hydrogen-bond donors (Lipinski definition) is 1. The van der Waals surface area contributed by atoms with E-state index < -0.39 is 12.6 Å². The molecule has 0 amide bonds. The average molecular weight is 370 g/mol. The zero-order valence-corrected chi connectivity index (χ0v) is 12.3. The number of carbonyl (C=O) groups is 1. The Labute approximate surface area is 115 Å². The van der Waals surface area contributed by atoms with Gasteiger partial charge in [0.15, 0.2) is 18.1 Å². The number of methoxy groups -OCH3 is 2. The predicted octanol–water partition coefficient (Wildman–Crippen LogP) is 2.69. The Morgan fingerprint density at radius 2 is 1.88 bits per heavy atom. The molecule has 0 spiro atoms. The zero-order chi connectivity index (χ0) is 13.0. The fourth-order valence-electron chi connectivity index (χ4n) is 1.18. The van der Waals surface area contributed by atoms with Crippen LogP contribution in [0.5, 0.6) is 17.2 Å². The molecule has 1 rings (SSSR count). The molecular formula is C10H10Br2O5.